The fourth-order valence-electron chi connectivity index (χ4n) is 4.83. The van der Waals surface area contributed by atoms with Crippen LogP contribution in [-0.4, -0.2) is 14.7 Å². The van der Waals surface area contributed by atoms with Gasteiger partial charge in [0.1, 0.15) is 0 Å². The fraction of sp³-hybridized carbons (Fsp3) is 0.185. The van der Waals surface area contributed by atoms with Crippen LogP contribution in [0.25, 0.3) is 5.69 Å². The molecule has 3 heterocycles. The first-order valence-corrected chi connectivity index (χ1v) is 12.6. The summed E-state index contributed by atoms with van der Waals surface area (Å²) in [5.41, 5.74) is 7.75. The van der Waals surface area contributed by atoms with Crippen molar-refractivity contribution in [1.82, 2.24) is 14.9 Å². The molecule has 5 rings (SSSR count). The molecule has 2 aromatic carbocycles. The summed E-state index contributed by atoms with van der Waals surface area (Å²) in [5, 5.41) is 4.96. The van der Waals surface area contributed by atoms with Gasteiger partial charge in [-0.2, -0.15) is 0 Å². The molecule has 2 aromatic heterocycles. The van der Waals surface area contributed by atoms with E-state index in [9.17, 15) is 0 Å². The number of benzene rings is 2. The molecule has 0 spiro atoms. The topological polar surface area (TPSA) is 33.1 Å². The normalized spacial score (nSPS) is 17.8. The van der Waals surface area contributed by atoms with Gasteiger partial charge in [-0.05, 0) is 98.7 Å². The Kier molecular flexibility index (Phi) is 6.23. The van der Waals surface area contributed by atoms with Crippen molar-refractivity contribution in [1.29, 1.82) is 0 Å². The van der Waals surface area contributed by atoms with Gasteiger partial charge in [-0.25, -0.2) is 0 Å². The highest BCUT2D eigenvalue weighted by Gasteiger charge is 2.42. The molecule has 0 amide bonds. The van der Waals surface area contributed by atoms with Crippen molar-refractivity contribution in [3.05, 3.63) is 111 Å². The number of nitrogens with one attached hydrogen (secondary N) is 1. The number of halogens is 2. The average molecular weight is 552 g/mol. The maximum atomic E-state index is 6.38. The SMILES string of the molecule is Cc1ccc(Cl)cc1-n1c(C)cc([C@@H]2[C@H](c3ccccn3)NC(=S)N2c2ccc(Br)cc2)c1C. The van der Waals surface area contributed by atoms with Gasteiger partial charge in [0, 0.05) is 38.5 Å². The first kappa shape index (κ1) is 23.1. The molecule has 7 heteroatoms. The molecule has 4 nitrogen and oxygen atoms in total. The number of aromatic nitrogens is 2. The second-order valence-electron chi connectivity index (χ2n) is 8.57. The summed E-state index contributed by atoms with van der Waals surface area (Å²) in [7, 11) is 0. The van der Waals surface area contributed by atoms with Crippen LogP contribution in [0.3, 0.4) is 0 Å². The van der Waals surface area contributed by atoms with E-state index in [1.165, 1.54) is 11.1 Å². The van der Waals surface area contributed by atoms with Gasteiger partial charge in [-0.15, -0.1) is 0 Å². The zero-order valence-electron chi connectivity index (χ0n) is 19.1. The van der Waals surface area contributed by atoms with Crippen LogP contribution < -0.4 is 10.2 Å². The highest BCUT2D eigenvalue weighted by Crippen LogP contribution is 2.44. The van der Waals surface area contributed by atoms with Crippen LogP contribution in [0.5, 0.6) is 0 Å². The van der Waals surface area contributed by atoms with Crippen molar-refractivity contribution in [2.75, 3.05) is 4.90 Å². The molecule has 1 N–H and O–H groups in total. The highest BCUT2D eigenvalue weighted by atomic mass is 79.9. The summed E-state index contributed by atoms with van der Waals surface area (Å²) in [6.45, 7) is 6.41. The quantitative estimate of drug-likeness (QED) is 0.268. The Bertz CT molecular complexity index is 1370. The largest absolute Gasteiger partial charge is 0.351 e. The molecular formula is C27H24BrClN4S. The van der Waals surface area contributed by atoms with Crippen molar-refractivity contribution >= 4 is 50.5 Å². The Hall–Kier alpha value is -2.67. The van der Waals surface area contributed by atoms with Gasteiger partial charge in [0.2, 0.25) is 0 Å². The van der Waals surface area contributed by atoms with Gasteiger partial charge < -0.3 is 14.8 Å². The number of rotatable bonds is 4. The molecule has 4 aromatic rings. The molecule has 1 aliphatic rings. The number of nitrogens with zero attached hydrogens (tertiary/aromatic N) is 3. The summed E-state index contributed by atoms with van der Waals surface area (Å²) < 4.78 is 3.31. The molecule has 172 valence electrons. The lowest BCUT2D eigenvalue weighted by Crippen LogP contribution is -2.29. The molecule has 1 saturated heterocycles. The van der Waals surface area contributed by atoms with Crippen molar-refractivity contribution in [2.45, 2.75) is 32.9 Å². The van der Waals surface area contributed by atoms with Crippen LogP contribution in [0.15, 0.2) is 77.4 Å². The van der Waals surface area contributed by atoms with Gasteiger partial charge in [0.05, 0.1) is 17.8 Å². The molecule has 0 saturated carbocycles. The zero-order valence-corrected chi connectivity index (χ0v) is 22.2. The zero-order chi connectivity index (χ0) is 24.0. The minimum Gasteiger partial charge on any atom is -0.351 e. The number of aryl methyl sites for hydroxylation is 2. The van der Waals surface area contributed by atoms with E-state index in [1.54, 1.807) is 0 Å². The fourth-order valence-corrected chi connectivity index (χ4v) is 5.61. The Labute approximate surface area is 218 Å². The van der Waals surface area contributed by atoms with Crippen LogP contribution in [0.4, 0.5) is 5.69 Å². The molecule has 0 radical (unpaired) electrons. The second-order valence-corrected chi connectivity index (χ2v) is 10.3. The van der Waals surface area contributed by atoms with Gasteiger partial charge in [-0.3, -0.25) is 4.98 Å². The lowest BCUT2D eigenvalue weighted by atomic mass is 9.96. The van der Waals surface area contributed by atoms with Gasteiger partial charge in [-0.1, -0.05) is 39.7 Å². The lowest BCUT2D eigenvalue weighted by Gasteiger charge is -2.28. The molecule has 34 heavy (non-hydrogen) atoms. The minimum atomic E-state index is -0.0910. The standard InChI is InChI=1S/C27H24BrClN4S/c1-16-7-10-20(29)15-24(16)32-17(2)14-22(18(32)3)26-25(23-6-4-5-13-30-23)31-27(34)33(26)21-11-8-19(28)9-12-21/h4-15,25-26H,1-3H3,(H,31,34)/t25-,26+/m0/s1. The van der Waals surface area contributed by atoms with E-state index in [2.05, 4.69) is 86.8 Å². The average Bonchev–Trinajstić information content (AvgIpc) is 3.32. The Balaban J connectivity index is 1.70. The van der Waals surface area contributed by atoms with Crippen LogP contribution in [0, 0.1) is 20.8 Å². The molecule has 0 unspecified atom stereocenters. The van der Waals surface area contributed by atoms with E-state index in [0.717, 1.165) is 38.0 Å². The third-order valence-corrected chi connectivity index (χ3v) is 7.48. The summed E-state index contributed by atoms with van der Waals surface area (Å²) >= 11 is 15.8. The van der Waals surface area contributed by atoms with Crippen LogP contribution in [-0.2, 0) is 0 Å². The smallest absolute Gasteiger partial charge is 0.174 e. The number of thiocarbonyl (C=S) groups is 1. The number of anilines is 1. The van der Waals surface area contributed by atoms with Crippen LogP contribution in [0.1, 0.15) is 40.3 Å². The third kappa shape index (κ3) is 4.04. The molecule has 1 fully saturated rings. The third-order valence-electron chi connectivity index (χ3n) is 6.40. The van der Waals surface area contributed by atoms with Gasteiger partial charge >= 0.3 is 0 Å². The molecular weight excluding hydrogens is 528 g/mol. The predicted octanol–water partition coefficient (Wildman–Crippen LogP) is 7.39. The van der Waals surface area contributed by atoms with Crippen molar-refractivity contribution in [3.63, 3.8) is 0 Å². The van der Waals surface area contributed by atoms with E-state index >= 15 is 0 Å². The van der Waals surface area contributed by atoms with Crippen LogP contribution in [0.2, 0.25) is 5.02 Å². The summed E-state index contributed by atoms with van der Waals surface area (Å²) in [6, 6.07) is 22.4. The monoisotopic (exact) mass is 550 g/mol. The molecule has 2 atom stereocenters. The number of hydrogen-bond donors (Lipinski definition) is 1. The van der Waals surface area contributed by atoms with Crippen LogP contribution >= 0.6 is 39.7 Å². The molecule has 1 aliphatic heterocycles. The van der Waals surface area contributed by atoms with Crippen molar-refractivity contribution < 1.29 is 0 Å². The second kappa shape index (κ2) is 9.17. The first-order chi connectivity index (χ1) is 16.3. The van der Waals surface area contributed by atoms with E-state index < -0.39 is 0 Å². The van der Waals surface area contributed by atoms with Gasteiger partial charge in [0.25, 0.3) is 0 Å². The van der Waals surface area contributed by atoms with Crippen molar-refractivity contribution in [3.8, 4) is 5.69 Å². The number of pyridine rings is 1. The maximum absolute atomic E-state index is 6.38. The summed E-state index contributed by atoms with van der Waals surface area (Å²) in [5.74, 6) is 0. The minimum absolute atomic E-state index is 0.0667. The Morgan fingerprint density at radius 1 is 1.00 bits per heavy atom. The van der Waals surface area contributed by atoms with Gasteiger partial charge in [0.15, 0.2) is 5.11 Å². The molecule has 0 aliphatic carbocycles. The van der Waals surface area contributed by atoms with E-state index in [-0.39, 0.29) is 12.1 Å². The van der Waals surface area contributed by atoms with E-state index in [0.29, 0.717) is 5.11 Å². The van der Waals surface area contributed by atoms with Crippen molar-refractivity contribution in [2.24, 2.45) is 0 Å². The number of hydrogen-bond acceptors (Lipinski definition) is 2. The lowest BCUT2D eigenvalue weighted by molar-refractivity contribution is 0.565. The predicted molar refractivity (Wildman–Crippen MR) is 147 cm³/mol. The maximum Gasteiger partial charge on any atom is 0.174 e. The van der Waals surface area contributed by atoms with E-state index in [1.807, 2.05) is 42.6 Å². The Morgan fingerprint density at radius 3 is 2.47 bits per heavy atom. The first-order valence-electron chi connectivity index (χ1n) is 11.1. The summed E-state index contributed by atoms with van der Waals surface area (Å²) in [4.78, 5) is 6.88. The summed E-state index contributed by atoms with van der Waals surface area (Å²) in [6.07, 6.45) is 1.83. The highest BCUT2D eigenvalue weighted by molar-refractivity contribution is 9.10. The van der Waals surface area contributed by atoms with E-state index in [4.69, 9.17) is 23.8 Å². The Morgan fingerprint density at radius 2 is 1.76 bits per heavy atom. The molecule has 0 bridgehead atoms.